The Morgan fingerprint density at radius 3 is 2.79 bits per heavy atom. The first-order valence-electron chi connectivity index (χ1n) is 9.22. The van der Waals surface area contributed by atoms with Crippen LogP contribution in [0.1, 0.15) is 32.6 Å². The van der Waals surface area contributed by atoms with E-state index < -0.39 is 6.04 Å². The Balaban J connectivity index is 0.00000392. The summed E-state index contributed by atoms with van der Waals surface area (Å²) < 4.78 is 5.74. The zero-order valence-corrected chi connectivity index (χ0v) is 19.3. The van der Waals surface area contributed by atoms with Gasteiger partial charge in [0.05, 0.1) is 6.61 Å². The number of amides is 1. The van der Waals surface area contributed by atoms with Gasteiger partial charge in [0.1, 0.15) is 5.75 Å². The summed E-state index contributed by atoms with van der Waals surface area (Å²) >= 11 is 0. The number of allylic oxidation sites excluding steroid dienone is 1. The Bertz CT molecular complexity index is 653. The summed E-state index contributed by atoms with van der Waals surface area (Å²) in [6.45, 7) is 7.40. The van der Waals surface area contributed by atoms with Crippen LogP contribution in [0.5, 0.6) is 5.75 Å². The van der Waals surface area contributed by atoms with E-state index in [-0.39, 0.29) is 45.2 Å². The number of hydrogen-bond acceptors (Lipinski definition) is 4. The maximum absolute atomic E-state index is 12.5. The van der Waals surface area contributed by atoms with Crippen LogP contribution < -0.4 is 9.64 Å². The van der Waals surface area contributed by atoms with Crippen molar-refractivity contribution in [1.82, 2.24) is 4.97 Å². The molecule has 0 aromatic heterocycles. The zero-order valence-electron chi connectivity index (χ0n) is 16.5. The maximum Gasteiger partial charge on any atom is 0.224 e. The molecule has 1 N–H and O–H groups in total. The third kappa shape index (κ3) is 8.48. The fourth-order valence-corrected chi connectivity index (χ4v) is 2.82. The van der Waals surface area contributed by atoms with Crippen molar-refractivity contribution in [3.8, 4) is 5.75 Å². The molecular formula is C20H27BN3O3Y-. The van der Waals surface area contributed by atoms with E-state index in [0.717, 1.165) is 30.7 Å². The summed E-state index contributed by atoms with van der Waals surface area (Å²) in [5, 5.41) is 13.1. The van der Waals surface area contributed by atoms with Gasteiger partial charge in [0.15, 0.2) is 0 Å². The Kier molecular flexibility index (Phi) is 11.7. The molecule has 28 heavy (non-hydrogen) atoms. The fourth-order valence-electron chi connectivity index (χ4n) is 2.82. The van der Waals surface area contributed by atoms with Crippen LogP contribution >= 0.6 is 0 Å². The quantitative estimate of drug-likeness (QED) is 0.239. The molecule has 1 heterocycles. The summed E-state index contributed by atoms with van der Waals surface area (Å²) in [7, 11) is 5.09. The number of benzene rings is 1. The molecule has 1 amide bonds. The molecule has 1 aliphatic rings. The van der Waals surface area contributed by atoms with E-state index in [9.17, 15) is 4.79 Å². The third-order valence-corrected chi connectivity index (χ3v) is 4.26. The number of rotatable bonds is 11. The van der Waals surface area contributed by atoms with Crippen LogP contribution in [0.2, 0.25) is 0 Å². The van der Waals surface area contributed by atoms with Gasteiger partial charge in [-0.15, -0.1) is 6.58 Å². The van der Waals surface area contributed by atoms with E-state index in [1.165, 1.54) is 11.8 Å². The molecule has 1 saturated heterocycles. The number of nitrogens with zero attached hydrogens (tertiary/aromatic N) is 3. The van der Waals surface area contributed by atoms with Gasteiger partial charge in [0.25, 0.3) is 0 Å². The van der Waals surface area contributed by atoms with Crippen molar-refractivity contribution in [2.75, 3.05) is 24.6 Å². The Morgan fingerprint density at radius 1 is 1.43 bits per heavy atom. The molecule has 0 bridgehead atoms. The van der Waals surface area contributed by atoms with Crippen molar-refractivity contribution in [2.24, 2.45) is 0 Å². The van der Waals surface area contributed by atoms with E-state index in [4.69, 9.17) is 17.9 Å². The number of unbranched alkanes of at least 4 members (excludes halogenated alkanes) is 1. The van der Waals surface area contributed by atoms with Crippen LogP contribution in [0.25, 0.3) is 5.32 Å². The first-order chi connectivity index (χ1) is 13.0. The SMILES string of the molecule is [B]N(O)C/C=C\[N-]C1CCN(c2ccc(OCCCCC(=C)C)cc2)C1=O.[Y]. The van der Waals surface area contributed by atoms with Gasteiger partial charge in [-0.2, -0.15) is 6.20 Å². The first-order valence-corrected chi connectivity index (χ1v) is 9.22. The summed E-state index contributed by atoms with van der Waals surface area (Å²) in [4.78, 5) is 14.8. The van der Waals surface area contributed by atoms with Gasteiger partial charge < -0.3 is 20.2 Å². The number of carbonyl (C=O) groups is 1. The van der Waals surface area contributed by atoms with Gasteiger partial charge >= 0.3 is 0 Å². The predicted octanol–water partition coefficient (Wildman–Crippen LogP) is 3.58. The largest absolute Gasteiger partial charge is 0.681 e. The average Bonchev–Trinajstić information content (AvgIpc) is 2.99. The van der Waals surface area contributed by atoms with Crippen LogP contribution in [-0.4, -0.2) is 49.8 Å². The van der Waals surface area contributed by atoms with Gasteiger partial charge in [-0.3, -0.25) is 4.79 Å². The van der Waals surface area contributed by atoms with Gasteiger partial charge in [0, 0.05) is 51.5 Å². The molecule has 2 rings (SSSR count). The molecule has 147 valence electrons. The molecule has 6 nitrogen and oxygen atoms in total. The summed E-state index contributed by atoms with van der Waals surface area (Å²) in [5.41, 5.74) is 2.05. The molecule has 0 aliphatic carbocycles. The molecule has 3 radical (unpaired) electrons. The van der Waals surface area contributed by atoms with E-state index in [1.54, 1.807) is 11.0 Å². The molecular weight excluding hydrogens is 430 g/mol. The summed E-state index contributed by atoms with van der Waals surface area (Å²) in [6.07, 6.45) is 6.89. The molecule has 1 aliphatic heterocycles. The van der Waals surface area contributed by atoms with E-state index in [0.29, 0.717) is 24.5 Å². The predicted molar refractivity (Wildman–Crippen MR) is 108 cm³/mol. The minimum Gasteiger partial charge on any atom is -0.681 e. The van der Waals surface area contributed by atoms with Crippen molar-refractivity contribution in [3.63, 3.8) is 0 Å². The molecule has 1 aromatic carbocycles. The summed E-state index contributed by atoms with van der Waals surface area (Å²) in [6, 6.07) is 7.19. The van der Waals surface area contributed by atoms with Gasteiger partial charge in [-0.05, 0) is 62.9 Å². The third-order valence-electron chi connectivity index (χ3n) is 4.26. The smallest absolute Gasteiger partial charge is 0.224 e. The molecule has 8 heteroatoms. The zero-order chi connectivity index (χ0) is 19.6. The number of anilines is 1. The second kappa shape index (κ2) is 13.2. The molecule has 1 fully saturated rings. The molecule has 0 spiro atoms. The molecule has 1 aromatic rings. The number of hydrogen-bond donors (Lipinski definition) is 1. The van der Waals surface area contributed by atoms with Gasteiger partial charge in [-0.1, -0.05) is 11.6 Å². The van der Waals surface area contributed by atoms with Gasteiger partial charge in [0.2, 0.25) is 13.9 Å². The second-order valence-electron chi connectivity index (χ2n) is 6.71. The Labute approximate surface area is 194 Å². The second-order valence-corrected chi connectivity index (χ2v) is 6.71. The van der Waals surface area contributed by atoms with Crippen molar-refractivity contribution < 1.29 is 47.4 Å². The molecule has 1 unspecified atom stereocenters. The number of hydroxylamine groups is 1. The van der Waals surface area contributed by atoms with Crippen LogP contribution in [0, 0.1) is 0 Å². The summed E-state index contributed by atoms with van der Waals surface area (Å²) in [5.74, 6) is 0.780. The average molecular weight is 457 g/mol. The first kappa shape index (κ1) is 24.9. The number of ether oxygens (including phenoxy) is 1. The monoisotopic (exact) mass is 457 g/mol. The number of carbonyl (C=O) groups excluding carboxylic acids is 1. The topological polar surface area (TPSA) is 67.1 Å². The van der Waals surface area contributed by atoms with Crippen molar-refractivity contribution >= 4 is 19.6 Å². The fraction of sp³-hybridized carbons (Fsp3) is 0.450. The Hall–Kier alpha value is -1.14. The van der Waals surface area contributed by atoms with Crippen LogP contribution in [0.15, 0.2) is 48.7 Å². The van der Waals surface area contributed by atoms with Gasteiger partial charge in [-0.25, -0.2) is 4.97 Å². The Morgan fingerprint density at radius 2 is 2.14 bits per heavy atom. The van der Waals surface area contributed by atoms with Crippen LogP contribution in [0.3, 0.4) is 0 Å². The maximum atomic E-state index is 12.5. The molecule has 0 saturated carbocycles. The molecule has 1 atom stereocenters. The van der Waals surface area contributed by atoms with Crippen molar-refractivity contribution in [1.29, 1.82) is 0 Å². The van der Waals surface area contributed by atoms with Crippen molar-refractivity contribution in [3.05, 3.63) is 54.0 Å². The van der Waals surface area contributed by atoms with E-state index in [1.807, 2.05) is 31.2 Å². The van der Waals surface area contributed by atoms with E-state index >= 15 is 0 Å². The standard InChI is InChI=1S/C20H27BN3O3.Y/c1-16(2)6-3-4-15-27-18-9-7-17(8-10-18)23-14-11-19(20(23)25)22-12-5-13-24(21)26;/h5,7-10,12,19,26H,1,3-4,6,11,13-15H2,2H3;/q-1;/b12-5-;. The van der Waals surface area contributed by atoms with E-state index in [2.05, 4.69) is 11.9 Å². The van der Waals surface area contributed by atoms with Crippen molar-refractivity contribution in [2.45, 2.75) is 38.6 Å². The van der Waals surface area contributed by atoms with Crippen LogP contribution in [0.4, 0.5) is 5.69 Å². The normalized spacial score (nSPS) is 16.5. The minimum absolute atomic E-state index is 0. The van der Waals surface area contributed by atoms with Crippen LogP contribution in [-0.2, 0) is 37.5 Å². The minimum atomic E-state index is -0.393.